The SMILES string of the molecule is NC(=O)CCN(CCO)c1nc(Nc2ccccc2)nc(Nc2ccc(C=Cc3ccc(Nc4nc(Nc5ccccc5)nc(N(CCO)CCC(N)=O)n4)cc3S(=O)(=O)O)c(SOOO)c2)n1. The van der Waals surface area contributed by atoms with E-state index >= 15 is 0 Å². The highest BCUT2D eigenvalue weighted by Gasteiger charge is 2.20. The Kier molecular flexibility index (Phi) is 17.8. The Morgan fingerprint density at radius 3 is 1.46 bits per heavy atom. The number of aromatic nitrogens is 6. The lowest BCUT2D eigenvalue weighted by molar-refractivity contribution is -0.432. The third-order valence-corrected chi connectivity index (χ3v) is 10.9. The fourth-order valence-electron chi connectivity index (χ4n) is 6.18. The lowest BCUT2D eigenvalue weighted by Gasteiger charge is -2.22. The van der Waals surface area contributed by atoms with E-state index in [4.69, 9.17) is 21.1 Å². The maximum absolute atomic E-state index is 12.8. The second-order valence-electron chi connectivity index (χ2n) is 14.2. The van der Waals surface area contributed by atoms with Crippen LogP contribution in [-0.2, 0) is 29.1 Å². The van der Waals surface area contributed by atoms with Gasteiger partial charge in [0.15, 0.2) is 0 Å². The number of para-hydroxylation sites is 2. The van der Waals surface area contributed by atoms with Gasteiger partial charge in [-0.1, -0.05) is 65.7 Å². The van der Waals surface area contributed by atoms with Crippen LogP contribution in [0.1, 0.15) is 24.0 Å². The first kappa shape index (κ1) is 49.9. The number of carbonyl (C=O) groups excluding carboxylic acids is 2. The van der Waals surface area contributed by atoms with Crippen LogP contribution in [0.2, 0.25) is 0 Å². The number of nitrogens with zero attached hydrogens (tertiary/aromatic N) is 8. The highest BCUT2D eigenvalue weighted by atomic mass is 32.2. The van der Waals surface area contributed by atoms with Crippen molar-refractivity contribution in [3.05, 3.63) is 108 Å². The first-order chi connectivity index (χ1) is 32.8. The van der Waals surface area contributed by atoms with Crippen LogP contribution in [0.3, 0.4) is 0 Å². The quantitative estimate of drug-likeness (QED) is 0.0119. The predicted molar refractivity (Wildman–Crippen MR) is 254 cm³/mol. The number of aliphatic hydroxyl groups excluding tert-OH is 2. The van der Waals surface area contributed by atoms with Crippen molar-refractivity contribution in [2.75, 3.05) is 70.5 Å². The van der Waals surface area contributed by atoms with E-state index in [1.54, 1.807) is 59.5 Å². The summed E-state index contributed by atoms with van der Waals surface area (Å²) in [5.74, 6) is -0.713. The van der Waals surface area contributed by atoms with E-state index in [1.165, 1.54) is 35.3 Å². The molecule has 0 atom stereocenters. The third kappa shape index (κ3) is 15.0. The zero-order valence-corrected chi connectivity index (χ0v) is 37.5. The van der Waals surface area contributed by atoms with E-state index in [-0.39, 0.29) is 99.2 Å². The summed E-state index contributed by atoms with van der Waals surface area (Å²) in [5, 5.41) is 44.6. The summed E-state index contributed by atoms with van der Waals surface area (Å²) < 4.78 is 40.8. The van der Waals surface area contributed by atoms with Gasteiger partial charge in [-0.2, -0.15) is 38.3 Å². The van der Waals surface area contributed by atoms with Crippen LogP contribution in [0, 0.1) is 0 Å². The van der Waals surface area contributed by atoms with Crippen LogP contribution in [0.15, 0.2) is 107 Å². The van der Waals surface area contributed by atoms with Gasteiger partial charge in [0.1, 0.15) is 4.90 Å². The van der Waals surface area contributed by atoms with Gasteiger partial charge in [0.25, 0.3) is 10.1 Å². The van der Waals surface area contributed by atoms with Crippen molar-refractivity contribution in [1.82, 2.24) is 29.9 Å². The summed E-state index contributed by atoms with van der Waals surface area (Å²) in [7, 11) is -4.85. The number of aliphatic hydroxyl groups is 2. The monoisotopic (exact) mass is 970 g/mol. The van der Waals surface area contributed by atoms with E-state index in [9.17, 15) is 32.8 Å². The molecule has 2 heterocycles. The highest BCUT2D eigenvalue weighted by Crippen LogP contribution is 2.32. The van der Waals surface area contributed by atoms with Crippen molar-refractivity contribution < 1.29 is 47.4 Å². The second kappa shape index (κ2) is 24.3. The molecule has 26 heteroatoms. The van der Waals surface area contributed by atoms with Crippen LogP contribution >= 0.6 is 12.0 Å². The second-order valence-corrected chi connectivity index (χ2v) is 16.3. The van der Waals surface area contributed by atoms with Crippen LogP contribution in [0.5, 0.6) is 0 Å². The minimum atomic E-state index is -4.85. The highest BCUT2D eigenvalue weighted by molar-refractivity contribution is 7.94. The van der Waals surface area contributed by atoms with Gasteiger partial charge in [-0.3, -0.25) is 14.1 Å². The molecule has 12 N–H and O–H groups in total. The lowest BCUT2D eigenvalue weighted by Crippen LogP contribution is -2.32. The number of nitrogens with two attached hydrogens (primary N) is 2. The first-order valence-electron chi connectivity index (χ1n) is 20.4. The van der Waals surface area contributed by atoms with Crippen molar-refractivity contribution in [3.8, 4) is 0 Å². The van der Waals surface area contributed by atoms with Gasteiger partial charge >= 0.3 is 0 Å². The fraction of sp³-hybridized carbons (Fsp3) is 0.190. The van der Waals surface area contributed by atoms with E-state index in [2.05, 4.69) is 56.2 Å². The average Bonchev–Trinajstić information content (AvgIpc) is 3.31. The van der Waals surface area contributed by atoms with Crippen molar-refractivity contribution in [1.29, 1.82) is 0 Å². The summed E-state index contributed by atoms with van der Waals surface area (Å²) in [4.78, 5) is 53.1. The molecule has 0 radical (unpaired) electrons. The van der Waals surface area contributed by atoms with Gasteiger partial charge in [-0.05, 0) is 59.7 Å². The smallest absolute Gasteiger partial charge is 0.295 e. The van der Waals surface area contributed by atoms with E-state index in [0.29, 0.717) is 39.6 Å². The summed E-state index contributed by atoms with van der Waals surface area (Å²) in [6.45, 7) is -0.243. The average molecular weight is 971 g/mol. The molecule has 0 spiro atoms. The maximum Gasteiger partial charge on any atom is 0.295 e. The molecule has 68 heavy (non-hydrogen) atoms. The van der Waals surface area contributed by atoms with Crippen LogP contribution in [-0.4, -0.2) is 110 Å². The number of primary amides is 2. The molecule has 24 nitrogen and oxygen atoms in total. The third-order valence-electron chi connectivity index (χ3n) is 9.28. The minimum absolute atomic E-state index is 0.0335. The van der Waals surface area contributed by atoms with Gasteiger partial charge in [0.05, 0.1) is 25.3 Å². The number of rotatable bonds is 26. The van der Waals surface area contributed by atoms with E-state index in [1.807, 2.05) is 24.3 Å². The normalized spacial score (nSPS) is 11.3. The maximum atomic E-state index is 12.8. The molecule has 6 aromatic rings. The number of amides is 2. The molecule has 6 rings (SSSR count). The number of anilines is 10. The Hall–Kier alpha value is -7.56. The van der Waals surface area contributed by atoms with Crippen LogP contribution in [0.4, 0.5) is 58.4 Å². The molecule has 2 amide bonds. The molecule has 0 fully saturated rings. The minimum Gasteiger partial charge on any atom is -0.395 e. The van der Waals surface area contributed by atoms with Crippen LogP contribution in [0.25, 0.3) is 12.2 Å². The molecule has 356 valence electrons. The zero-order chi connectivity index (χ0) is 48.5. The van der Waals surface area contributed by atoms with Gasteiger partial charge in [0.2, 0.25) is 47.5 Å². The van der Waals surface area contributed by atoms with Crippen molar-refractivity contribution in [2.24, 2.45) is 11.5 Å². The van der Waals surface area contributed by atoms with Crippen LogP contribution < -0.4 is 42.5 Å². The molecule has 4 aromatic carbocycles. The molecule has 0 saturated carbocycles. The van der Waals surface area contributed by atoms with Gasteiger partial charge in [-0.25, -0.2) is 5.26 Å². The Morgan fingerprint density at radius 2 is 1.03 bits per heavy atom. The van der Waals surface area contributed by atoms with Crippen molar-refractivity contribution in [3.63, 3.8) is 0 Å². The Labute approximate surface area is 393 Å². The number of nitrogens with one attached hydrogen (secondary N) is 4. The molecular formula is C42H46N14O10S2. The van der Waals surface area contributed by atoms with E-state index < -0.39 is 26.8 Å². The molecule has 0 aliphatic heterocycles. The number of carbonyl (C=O) groups is 2. The Morgan fingerprint density at radius 1 is 0.603 bits per heavy atom. The topological polar surface area (TPSA) is 352 Å². The van der Waals surface area contributed by atoms with Crippen molar-refractivity contribution >= 4 is 105 Å². The molecule has 0 saturated heterocycles. The molecule has 0 aliphatic carbocycles. The lowest BCUT2D eigenvalue weighted by atomic mass is 10.1. The molecule has 0 bridgehead atoms. The molecule has 0 aliphatic rings. The van der Waals surface area contributed by atoms with Crippen molar-refractivity contribution in [2.45, 2.75) is 22.6 Å². The van der Waals surface area contributed by atoms with Gasteiger partial charge in [-0.15, -0.1) is 4.33 Å². The first-order valence-corrected chi connectivity index (χ1v) is 22.6. The zero-order valence-electron chi connectivity index (χ0n) is 35.8. The standard InChI is InChI=1S/C42H46N14O10S2/c43-35(59)17-19-55(21-23-57)41-51-37(45-29-7-3-1-4-8-29)49-39(53-41)47-31-15-13-27(33(25-31)67-66-65-61)11-12-28-14-16-32(26-34(28)68(62,63)64)48-40-50-38(46-30-9-5-2-6-10-30)52-42(54-40)56(22-24-58)20-18-36(44)60/h1-16,25-26,57-58,61H,17-24H2,(H2,43,59)(H2,44,60)(H,62,63,64)(H2,45,47,49,51,53)(H2,46,48,50,52,54). The summed E-state index contributed by atoms with van der Waals surface area (Å²) in [6, 6.07) is 27.1. The molecule has 0 unspecified atom stereocenters. The largest absolute Gasteiger partial charge is 0.395 e. The summed E-state index contributed by atoms with van der Waals surface area (Å²) in [5.41, 5.74) is 13.1. The van der Waals surface area contributed by atoms with Gasteiger partial charge in [0, 0.05) is 66.7 Å². The number of hydrogen-bond donors (Lipinski definition) is 10. The molecule has 2 aromatic heterocycles. The van der Waals surface area contributed by atoms with E-state index in [0.717, 1.165) is 0 Å². The Balaban J connectivity index is 1.30. The Bertz CT molecular complexity index is 2800. The summed E-state index contributed by atoms with van der Waals surface area (Å²) in [6.07, 6.45) is 2.86. The predicted octanol–water partition coefficient (Wildman–Crippen LogP) is 4.22. The number of hydrogen-bond acceptors (Lipinski definition) is 22. The molecular weight excluding hydrogens is 925 g/mol. The van der Waals surface area contributed by atoms with Gasteiger partial charge < -0.3 is 52.7 Å². The number of benzene rings is 4. The summed E-state index contributed by atoms with van der Waals surface area (Å²) >= 11 is 0.610. The fourth-order valence-corrected chi connectivity index (χ4v) is 7.40.